The van der Waals surface area contributed by atoms with Gasteiger partial charge >= 0.3 is 0 Å². The molecule has 1 amide bonds. The molecule has 0 spiro atoms. The van der Waals surface area contributed by atoms with Crippen LogP contribution in [0.3, 0.4) is 0 Å². The summed E-state index contributed by atoms with van der Waals surface area (Å²) in [6.07, 6.45) is 5.75. The number of nitrogens with zero attached hydrogens (tertiary/aromatic N) is 2. The Kier molecular flexibility index (Phi) is 5.75. The van der Waals surface area contributed by atoms with Gasteiger partial charge in [-0.05, 0) is 61.2 Å². The zero-order chi connectivity index (χ0) is 20.1. The molecule has 0 radical (unpaired) electrons. The number of nitrogens with one attached hydrogen (secondary N) is 2. The van der Waals surface area contributed by atoms with Gasteiger partial charge in [-0.15, -0.1) is 0 Å². The fourth-order valence-electron chi connectivity index (χ4n) is 3.55. The average Bonchev–Trinajstić information content (AvgIpc) is 2.76. The van der Waals surface area contributed by atoms with Crippen molar-refractivity contribution in [3.05, 3.63) is 78.6 Å². The van der Waals surface area contributed by atoms with Crippen molar-refractivity contribution in [3.8, 4) is 0 Å². The maximum Gasteiger partial charge on any atom is 0.257 e. The zero-order valence-corrected chi connectivity index (χ0v) is 16.6. The smallest absolute Gasteiger partial charge is 0.257 e. The SMILES string of the molecule is CC1CCN(c2ccc(NC(=O)c3cncc(Nc4ccccc4)c3)cc2)CC1. The Morgan fingerprint density at radius 2 is 1.66 bits per heavy atom. The van der Waals surface area contributed by atoms with Gasteiger partial charge in [0.25, 0.3) is 5.91 Å². The Bertz CT molecular complexity index is 948. The molecular formula is C24H26N4O. The van der Waals surface area contributed by atoms with E-state index in [0.29, 0.717) is 5.56 Å². The third-order valence-electron chi connectivity index (χ3n) is 5.34. The molecule has 1 saturated heterocycles. The van der Waals surface area contributed by atoms with Crippen LogP contribution in [0.25, 0.3) is 0 Å². The predicted octanol–water partition coefficient (Wildman–Crippen LogP) is 5.31. The number of para-hydroxylation sites is 1. The Morgan fingerprint density at radius 1 is 0.931 bits per heavy atom. The van der Waals surface area contributed by atoms with E-state index in [1.54, 1.807) is 18.5 Å². The number of anilines is 4. The molecule has 1 aliphatic rings. The van der Waals surface area contributed by atoms with Gasteiger partial charge in [0, 0.05) is 36.3 Å². The van der Waals surface area contributed by atoms with Gasteiger partial charge in [0.1, 0.15) is 0 Å². The maximum atomic E-state index is 12.7. The highest BCUT2D eigenvalue weighted by Gasteiger charge is 2.16. The minimum atomic E-state index is -0.172. The van der Waals surface area contributed by atoms with E-state index in [0.717, 1.165) is 36.1 Å². The molecule has 0 bridgehead atoms. The molecule has 3 aromatic rings. The molecule has 0 atom stereocenters. The van der Waals surface area contributed by atoms with Gasteiger partial charge in [-0.1, -0.05) is 25.1 Å². The highest BCUT2D eigenvalue weighted by Crippen LogP contribution is 2.24. The first-order valence-corrected chi connectivity index (χ1v) is 10.1. The summed E-state index contributed by atoms with van der Waals surface area (Å²) in [6, 6.07) is 19.7. The van der Waals surface area contributed by atoms with Crippen LogP contribution in [0.2, 0.25) is 0 Å². The molecule has 0 aliphatic carbocycles. The maximum absolute atomic E-state index is 12.7. The van der Waals surface area contributed by atoms with Crippen molar-refractivity contribution in [1.29, 1.82) is 0 Å². The molecule has 5 heteroatoms. The second-order valence-corrected chi connectivity index (χ2v) is 7.62. The lowest BCUT2D eigenvalue weighted by atomic mass is 9.99. The quantitative estimate of drug-likeness (QED) is 0.624. The van der Waals surface area contributed by atoms with Crippen LogP contribution in [0.15, 0.2) is 73.1 Å². The van der Waals surface area contributed by atoms with Crippen molar-refractivity contribution in [2.45, 2.75) is 19.8 Å². The van der Waals surface area contributed by atoms with Crippen LogP contribution in [-0.2, 0) is 0 Å². The largest absolute Gasteiger partial charge is 0.372 e. The molecule has 1 fully saturated rings. The van der Waals surface area contributed by atoms with Crippen molar-refractivity contribution in [2.24, 2.45) is 5.92 Å². The molecule has 5 nitrogen and oxygen atoms in total. The van der Waals surface area contributed by atoms with Crippen molar-refractivity contribution in [1.82, 2.24) is 4.98 Å². The molecule has 29 heavy (non-hydrogen) atoms. The molecule has 1 aromatic heterocycles. The first kappa shape index (κ1) is 19.0. The van der Waals surface area contributed by atoms with Crippen molar-refractivity contribution >= 4 is 28.7 Å². The summed E-state index contributed by atoms with van der Waals surface area (Å²) < 4.78 is 0. The summed E-state index contributed by atoms with van der Waals surface area (Å²) in [5.41, 5.74) is 4.24. The number of piperidine rings is 1. The summed E-state index contributed by atoms with van der Waals surface area (Å²) in [7, 11) is 0. The number of hydrogen-bond donors (Lipinski definition) is 2. The van der Waals surface area contributed by atoms with Gasteiger partial charge < -0.3 is 15.5 Å². The van der Waals surface area contributed by atoms with Gasteiger partial charge in [0.15, 0.2) is 0 Å². The zero-order valence-electron chi connectivity index (χ0n) is 16.6. The molecule has 2 aromatic carbocycles. The number of benzene rings is 2. The normalized spacial score (nSPS) is 14.4. The summed E-state index contributed by atoms with van der Waals surface area (Å²) in [5, 5.41) is 6.22. The van der Waals surface area contributed by atoms with E-state index in [4.69, 9.17) is 0 Å². The fraction of sp³-hybridized carbons (Fsp3) is 0.250. The number of carbonyl (C=O) groups excluding carboxylic acids is 1. The number of aromatic nitrogens is 1. The Hall–Kier alpha value is -3.34. The Labute approximate surface area is 171 Å². The van der Waals surface area contributed by atoms with Crippen molar-refractivity contribution in [2.75, 3.05) is 28.6 Å². The highest BCUT2D eigenvalue weighted by molar-refractivity contribution is 6.04. The van der Waals surface area contributed by atoms with Crippen molar-refractivity contribution < 1.29 is 4.79 Å². The number of carbonyl (C=O) groups is 1. The van der Waals surface area contributed by atoms with E-state index in [1.807, 2.05) is 42.5 Å². The van der Waals surface area contributed by atoms with Gasteiger partial charge in [0.2, 0.25) is 0 Å². The van der Waals surface area contributed by atoms with E-state index < -0.39 is 0 Å². The molecule has 1 aliphatic heterocycles. The van der Waals surface area contributed by atoms with E-state index in [-0.39, 0.29) is 5.91 Å². The Balaban J connectivity index is 1.39. The predicted molar refractivity (Wildman–Crippen MR) is 119 cm³/mol. The van der Waals surface area contributed by atoms with Crippen LogP contribution in [0.4, 0.5) is 22.7 Å². The second-order valence-electron chi connectivity index (χ2n) is 7.62. The van der Waals surface area contributed by atoms with E-state index in [9.17, 15) is 4.79 Å². The lowest BCUT2D eigenvalue weighted by molar-refractivity contribution is 0.102. The van der Waals surface area contributed by atoms with Crippen molar-refractivity contribution in [3.63, 3.8) is 0 Å². The van der Waals surface area contributed by atoms with Crippen LogP contribution in [0, 0.1) is 5.92 Å². The van der Waals surface area contributed by atoms with E-state index in [1.165, 1.54) is 18.5 Å². The average molecular weight is 386 g/mol. The molecular weight excluding hydrogens is 360 g/mol. The lowest BCUT2D eigenvalue weighted by Gasteiger charge is -2.32. The van der Waals surface area contributed by atoms with Crippen LogP contribution in [0.5, 0.6) is 0 Å². The fourth-order valence-corrected chi connectivity index (χ4v) is 3.55. The molecule has 2 heterocycles. The summed E-state index contributed by atoms with van der Waals surface area (Å²) in [4.78, 5) is 19.3. The molecule has 2 N–H and O–H groups in total. The molecule has 148 valence electrons. The second kappa shape index (κ2) is 8.78. The first-order chi connectivity index (χ1) is 14.2. The standard InChI is InChI=1S/C24H26N4O/c1-18-11-13-28(14-12-18)23-9-7-21(8-10-23)27-24(29)19-15-22(17-25-16-19)26-20-5-3-2-4-6-20/h2-10,15-18,26H,11-14H2,1H3,(H,27,29). The van der Waals surface area contributed by atoms with E-state index in [2.05, 4.69) is 39.6 Å². The molecule has 0 unspecified atom stereocenters. The van der Waals surface area contributed by atoms with E-state index >= 15 is 0 Å². The number of pyridine rings is 1. The molecule has 0 saturated carbocycles. The summed E-state index contributed by atoms with van der Waals surface area (Å²) in [6.45, 7) is 4.51. The topological polar surface area (TPSA) is 57.3 Å². The van der Waals surface area contributed by atoms with Crippen LogP contribution >= 0.6 is 0 Å². The van der Waals surface area contributed by atoms with Gasteiger partial charge in [-0.25, -0.2) is 0 Å². The minimum Gasteiger partial charge on any atom is -0.372 e. The highest BCUT2D eigenvalue weighted by atomic mass is 16.1. The molecule has 4 rings (SSSR count). The van der Waals surface area contributed by atoms with Gasteiger partial charge in [0.05, 0.1) is 17.4 Å². The first-order valence-electron chi connectivity index (χ1n) is 10.1. The monoisotopic (exact) mass is 386 g/mol. The number of rotatable bonds is 5. The summed E-state index contributed by atoms with van der Waals surface area (Å²) in [5.74, 6) is 0.638. The minimum absolute atomic E-state index is 0.172. The third kappa shape index (κ3) is 4.93. The number of hydrogen-bond acceptors (Lipinski definition) is 4. The van der Waals surface area contributed by atoms with Gasteiger partial charge in [-0.2, -0.15) is 0 Å². The van der Waals surface area contributed by atoms with Crippen LogP contribution < -0.4 is 15.5 Å². The summed E-state index contributed by atoms with van der Waals surface area (Å²) >= 11 is 0. The Morgan fingerprint density at radius 3 is 2.38 bits per heavy atom. The third-order valence-corrected chi connectivity index (χ3v) is 5.34. The van der Waals surface area contributed by atoms with Crippen LogP contribution in [0.1, 0.15) is 30.1 Å². The number of amides is 1. The lowest BCUT2D eigenvalue weighted by Crippen LogP contribution is -2.32. The van der Waals surface area contributed by atoms with Gasteiger partial charge in [-0.3, -0.25) is 9.78 Å². The van der Waals surface area contributed by atoms with Crippen LogP contribution in [-0.4, -0.2) is 24.0 Å².